The fraction of sp³-hybridized carbons (Fsp3) is 0.217. The first-order valence-corrected chi connectivity index (χ1v) is 9.25. The van der Waals surface area contributed by atoms with E-state index in [1.165, 1.54) is 12.3 Å². The lowest BCUT2D eigenvalue weighted by molar-refractivity contribution is 0.357. The van der Waals surface area contributed by atoms with Gasteiger partial charge in [-0.3, -0.25) is 4.85 Å². The lowest BCUT2D eigenvalue weighted by Crippen LogP contribution is -2.24. The number of benzene rings is 2. The first-order chi connectivity index (χ1) is 14.6. The van der Waals surface area contributed by atoms with Crippen molar-refractivity contribution in [2.75, 3.05) is 25.9 Å². The molecule has 0 radical (unpaired) electrons. The summed E-state index contributed by atoms with van der Waals surface area (Å²) in [5.74, 6) is 1.43. The van der Waals surface area contributed by atoms with Crippen molar-refractivity contribution in [2.24, 2.45) is 0 Å². The molecule has 1 aromatic heterocycles. The van der Waals surface area contributed by atoms with Gasteiger partial charge in [-0.05, 0) is 35.4 Å². The van der Waals surface area contributed by atoms with E-state index in [0.717, 1.165) is 22.6 Å². The lowest BCUT2D eigenvalue weighted by Gasteiger charge is -2.25. The maximum Gasteiger partial charge on any atom is 0.357 e. The number of ether oxygens (including phenoxy) is 3. The molecule has 7 heteroatoms. The van der Waals surface area contributed by atoms with Crippen LogP contribution >= 0.6 is 0 Å². The Kier molecular flexibility index (Phi) is 7.06. The zero-order valence-electron chi connectivity index (χ0n) is 16.8. The molecule has 0 saturated heterocycles. The lowest BCUT2D eigenvalue weighted by atomic mass is 10.1. The van der Waals surface area contributed by atoms with Gasteiger partial charge in [0.25, 0.3) is 0 Å². The van der Waals surface area contributed by atoms with Crippen molar-refractivity contribution in [3.05, 3.63) is 89.2 Å². The second kappa shape index (κ2) is 10.1. The van der Waals surface area contributed by atoms with E-state index in [1.807, 2.05) is 53.4 Å². The summed E-state index contributed by atoms with van der Waals surface area (Å²) in [6.45, 7) is 7.50. The van der Waals surface area contributed by atoms with Crippen LogP contribution in [0.5, 0.6) is 17.2 Å². The molecule has 6 nitrogen and oxygen atoms in total. The van der Waals surface area contributed by atoms with Gasteiger partial charge in [0, 0.05) is 19.2 Å². The number of methoxy groups -OCH3 is 2. The topological polar surface area (TPSA) is 48.2 Å². The van der Waals surface area contributed by atoms with Gasteiger partial charge in [-0.25, -0.2) is 15.9 Å². The fourth-order valence-corrected chi connectivity index (χ4v) is 2.94. The third-order valence-corrected chi connectivity index (χ3v) is 4.46. The van der Waals surface area contributed by atoms with Crippen LogP contribution in [-0.4, -0.2) is 25.9 Å². The number of rotatable bonds is 9. The smallest absolute Gasteiger partial charge is 0.357 e. The van der Waals surface area contributed by atoms with Gasteiger partial charge in [0.15, 0.2) is 11.6 Å². The van der Waals surface area contributed by atoms with E-state index in [4.69, 9.17) is 20.8 Å². The van der Waals surface area contributed by atoms with Gasteiger partial charge in [0.1, 0.15) is 17.2 Å². The molecular formula is C23H22FN3O3. The molecule has 3 aromatic rings. The Balaban J connectivity index is 1.88. The monoisotopic (exact) mass is 407 g/mol. The van der Waals surface area contributed by atoms with E-state index in [1.54, 1.807) is 14.2 Å². The van der Waals surface area contributed by atoms with Crippen molar-refractivity contribution < 1.29 is 18.6 Å². The van der Waals surface area contributed by atoms with Crippen molar-refractivity contribution in [1.29, 1.82) is 0 Å². The van der Waals surface area contributed by atoms with Gasteiger partial charge in [-0.15, -0.1) is 0 Å². The van der Waals surface area contributed by atoms with Crippen LogP contribution in [0.25, 0.3) is 4.85 Å². The Morgan fingerprint density at radius 3 is 1.87 bits per heavy atom. The number of hydrogen-bond donors (Lipinski definition) is 0. The number of halogens is 1. The van der Waals surface area contributed by atoms with E-state index >= 15 is 0 Å². The molecule has 2 aromatic carbocycles. The molecule has 1 heterocycles. The van der Waals surface area contributed by atoms with Crippen molar-refractivity contribution in [3.8, 4) is 17.2 Å². The van der Waals surface area contributed by atoms with E-state index in [2.05, 4.69) is 9.83 Å². The molecule has 0 aliphatic heterocycles. The Labute approximate surface area is 175 Å². The SMILES string of the molecule is [C-]#[N+]COc1cnc(N(Cc2ccc(OC)cc2)Cc2ccc(OC)cc2)c(F)c1. The van der Waals surface area contributed by atoms with E-state index in [9.17, 15) is 4.39 Å². The quantitative estimate of drug-likeness (QED) is 0.481. The molecular weight excluding hydrogens is 385 g/mol. The second-order valence-electron chi connectivity index (χ2n) is 6.46. The molecule has 0 aliphatic carbocycles. The number of nitrogens with zero attached hydrogens (tertiary/aromatic N) is 3. The minimum absolute atomic E-state index is 0.179. The molecule has 0 atom stereocenters. The summed E-state index contributed by atoms with van der Waals surface area (Å²) < 4.78 is 30.4. The third kappa shape index (κ3) is 5.39. The summed E-state index contributed by atoms with van der Waals surface area (Å²) in [6.07, 6.45) is 1.43. The van der Waals surface area contributed by atoms with E-state index < -0.39 is 5.82 Å². The van der Waals surface area contributed by atoms with Crippen molar-refractivity contribution in [3.63, 3.8) is 0 Å². The van der Waals surface area contributed by atoms with Crippen LogP contribution in [0, 0.1) is 12.4 Å². The minimum Gasteiger partial charge on any atom is -0.497 e. The molecule has 0 bridgehead atoms. The summed E-state index contributed by atoms with van der Waals surface area (Å²) in [6, 6.07) is 16.5. The molecule has 0 saturated carbocycles. The molecule has 154 valence electrons. The maximum atomic E-state index is 14.9. The maximum absolute atomic E-state index is 14.9. The predicted octanol–water partition coefficient (Wildman–Crippen LogP) is 4.70. The van der Waals surface area contributed by atoms with Crippen molar-refractivity contribution in [1.82, 2.24) is 4.98 Å². The van der Waals surface area contributed by atoms with Gasteiger partial charge < -0.3 is 19.1 Å². The van der Waals surface area contributed by atoms with Gasteiger partial charge in [0.05, 0.1) is 20.4 Å². The normalized spacial score (nSPS) is 10.2. The number of pyridine rings is 1. The highest BCUT2D eigenvalue weighted by Crippen LogP contribution is 2.25. The Bertz CT molecular complexity index is 952. The number of hydrogen-bond acceptors (Lipinski definition) is 5. The highest BCUT2D eigenvalue weighted by Gasteiger charge is 2.16. The van der Waals surface area contributed by atoms with Gasteiger partial charge >= 0.3 is 6.73 Å². The number of aromatic nitrogens is 1. The summed E-state index contributed by atoms with van der Waals surface area (Å²) in [7, 11) is 3.23. The van der Waals surface area contributed by atoms with Crippen LogP contribution in [0.3, 0.4) is 0 Å². The second-order valence-corrected chi connectivity index (χ2v) is 6.46. The first kappa shape index (κ1) is 20.9. The highest BCUT2D eigenvalue weighted by molar-refractivity contribution is 5.45. The molecule has 0 N–H and O–H groups in total. The molecule has 30 heavy (non-hydrogen) atoms. The molecule has 3 rings (SSSR count). The largest absolute Gasteiger partial charge is 0.497 e. The molecule has 0 unspecified atom stereocenters. The summed E-state index contributed by atoms with van der Waals surface area (Å²) in [4.78, 5) is 9.21. The van der Waals surface area contributed by atoms with Crippen LogP contribution in [0.2, 0.25) is 0 Å². The minimum atomic E-state index is -0.514. The van der Waals surface area contributed by atoms with Crippen LogP contribution < -0.4 is 19.1 Å². The van der Waals surface area contributed by atoms with Crippen LogP contribution in [0.15, 0.2) is 60.8 Å². The summed E-state index contributed by atoms with van der Waals surface area (Å²) >= 11 is 0. The van der Waals surface area contributed by atoms with Crippen molar-refractivity contribution >= 4 is 5.82 Å². The average Bonchev–Trinajstić information content (AvgIpc) is 2.78. The van der Waals surface area contributed by atoms with Crippen molar-refractivity contribution in [2.45, 2.75) is 13.1 Å². The zero-order valence-corrected chi connectivity index (χ0v) is 16.8. The molecule has 0 fully saturated rings. The Morgan fingerprint density at radius 1 is 0.900 bits per heavy atom. The van der Waals surface area contributed by atoms with Crippen LogP contribution in [0.1, 0.15) is 11.1 Å². The van der Waals surface area contributed by atoms with Crippen LogP contribution in [-0.2, 0) is 13.1 Å². The predicted molar refractivity (Wildman–Crippen MR) is 112 cm³/mol. The van der Waals surface area contributed by atoms with Gasteiger partial charge in [-0.1, -0.05) is 24.3 Å². The Morgan fingerprint density at radius 2 is 1.43 bits per heavy atom. The number of anilines is 1. The van der Waals surface area contributed by atoms with E-state index in [0.29, 0.717) is 13.1 Å². The highest BCUT2D eigenvalue weighted by atomic mass is 19.1. The Hall–Kier alpha value is -3.79. The zero-order chi connectivity index (χ0) is 21.3. The molecule has 0 amide bonds. The summed E-state index contributed by atoms with van der Waals surface area (Å²) in [5.41, 5.74) is 1.97. The third-order valence-electron chi connectivity index (χ3n) is 4.46. The standard InChI is InChI=1S/C23H22FN3O3/c1-25-16-30-21-12-22(24)23(26-13-21)27(14-17-4-8-19(28-2)9-5-17)15-18-6-10-20(29-3)11-7-18/h4-13H,14-16H2,2-3H3. The molecule has 0 aliphatic rings. The van der Waals surface area contributed by atoms with Crippen LogP contribution in [0.4, 0.5) is 10.2 Å². The van der Waals surface area contributed by atoms with Gasteiger partial charge in [-0.2, -0.15) is 0 Å². The van der Waals surface area contributed by atoms with E-state index in [-0.39, 0.29) is 18.3 Å². The average molecular weight is 407 g/mol. The molecule has 0 spiro atoms. The first-order valence-electron chi connectivity index (χ1n) is 9.25. The van der Waals surface area contributed by atoms with Gasteiger partial charge in [0.2, 0.25) is 0 Å². The summed E-state index contributed by atoms with van der Waals surface area (Å²) in [5, 5.41) is 0. The fourth-order valence-electron chi connectivity index (χ4n) is 2.94.